The Labute approximate surface area is 109 Å². The molecule has 17 heavy (non-hydrogen) atoms. The van der Waals surface area contributed by atoms with Crippen LogP contribution >= 0.6 is 23.2 Å². The molecule has 0 heterocycles. The van der Waals surface area contributed by atoms with Crippen LogP contribution in [0.1, 0.15) is 6.42 Å². The third-order valence-electron chi connectivity index (χ3n) is 1.81. The van der Waals surface area contributed by atoms with Crippen molar-refractivity contribution in [2.75, 3.05) is 13.2 Å². The lowest BCUT2D eigenvalue weighted by molar-refractivity contribution is -0.123. The summed E-state index contributed by atoms with van der Waals surface area (Å²) in [5, 5.41) is 11.7. The maximum Gasteiger partial charge on any atom is 0.257 e. The molecule has 0 bridgehead atoms. The van der Waals surface area contributed by atoms with Gasteiger partial charge in [0.1, 0.15) is 5.75 Å². The van der Waals surface area contributed by atoms with Crippen LogP contribution in [0.3, 0.4) is 0 Å². The SMILES string of the molecule is N#CCCNC(=O)COc1ccc(Cl)cc1Cl. The molecule has 0 atom stereocenters. The van der Waals surface area contributed by atoms with Gasteiger partial charge in [-0.25, -0.2) is 0 Å². The third kappa shape index (κ3) is 4.94. The van der Waals surface area contributed by atoms with Gasteiger partial charge in [-0.1, -0.05) is 23.2 Å². The fourth-order valence-electron chi connectivity index (χ4n) is 1.04. The van der Waals surface area contributed by atoms with Crippen LogP contribution in [0.25, 0.3) is 0 Å². The minimum absolute atomic E-state index is 0.146. The quantitative estimate of drug-likeness (QED) is 0.838. The van der Waals surface area contributed by atoms with Crippen molar-refractivity contribution in [3.63, 3.8) is 0 Å². The highest BCUT2D eigenvalue weighted by molar-refractivity contribution is 6.35. The maximum absolute atomic E-state index is 11.3. The maximum atomic E-state index is 11.3. The van der Waals surface area contributed by atoms with E-state index in [0.29, 0.717) is 22.3 Å². The molecule has 1 rings (SSSR count). The fraction of sp³-hybridized carbons (Fsp3) is 0.273. The van der Waals surface area contributed by atoms with Crippen molar-refractivity contribution in [2.24, 2.45) is 0 Å². The van der Waals surface area contributed by atoms with Gasteiger partial charge in [-0.2, -0.15) is 5.26 Å². The summed E-state index contributed by atoms with van der Waals surface area (Å²) in [6, 6.07) is 6.67. The molecule has 1 amide bonds. The lowest BCUT2D eigenvalue weighted by atomic mass is 10.3. The van der Waals surface area contributed by atoms with Gasteiger partial charge in [-0.3, -0.25) is 4.79 Å². The van der Waals surface area contributed by atoms with E-state index in [9.17, 15) is 4.79 Å². The summed E-state index contributed by atoms with van der Waals surface area (Å²) < 4.78 is 5.20. The third-order valence-corrected chi connectivity index (χ3v) is 2.34. The van der Waals surface area contributed by atoms with Crippen molar-refractivity contribution in [1.29, 1.82) is 5.26 Å². The first-order chi connectivity index (χ1) is 8.13. The van der Waals surface area contributed by atoms with Crippen molar-refractivity contribution in [2.45, 2.75) is 6.42 Å². The summed E-state index contributed by atoms with van der Waals surface area (Å²) in [6.07, 6.45) is 0.271. The molecule has 4 nitrogen and oxygen atoms in total. The van der Waals surface area contributed by atoms with Crippen LogP contribution in [0.2, 0.25) is 10.0 Å². The second kappa shape index (κ2) is 7.00. The minimum atomic E-state index is -0.300. The molecule has 1 aromatic carbocycles. The van der Waals surface area contributed by atoms with Gasteiger partial charge < -0.3 is 10.1 Å². The number of rotatable bonds is 5. The molecule has 0 saturated carbocycles. The van der Waals surface area contributed by atoms with Crippen molar-refractivity contribution >= 4 is 29.1 Å². The van der Waals surface area contributed by atoms with E-state index in [1.54, 1.807) is 12.1 Å². The molecule has 0 fully saturated rings. The van der Waals surface area contributed by atoms with E-state index in [0.717, 1.165) is 0 Å². The number of nitriles is 1. The smallest absolute Gasteiger partial charge is 0.257 e. The van der Waals surface area contributed by atoms with Gasteiger partial charge in [0.25, 0.3) is 5.91 Å². The molecule has 0 unspecified atom stereocenters. The van der Waals surface area contributed by atoms with E-state index in [1.165, 1.54) is 6.07 Å². The Hall–Kier alpha value is -1.44. The molecular formula is C11H10Cl2N2O2. The molecule has 0 spiro atoms. The van der Waals surface area contributed by atoms with Crippen molar-refractivity contribution in [3.05, 3.63) is 28.2 Å². The summed E-state index contributed by atoms with van der Waals surface area (Å²) >= 11 is 11.6. The highest BCUT2D eigenvalue weighted by atomic mass is 35.5. The van der Waals surface area contributed by atoms with E-state index in [4.69, 9.17) is 33.2 Å². The summed E-state index contributed by atoms with van der Waals surface area (Å²) in [5.41, 5.74) is 0. The normalized spacial score (nSPS) is 9.47. The van der Waals surface area contributed by atoms with Gasteiger partial charge in [0.15, 0.2) is 6.61 Å². The second-order valence-electron chi connectivity index (χ2n) is 3.12. The number of benzene rings is 1. The van der Waals surface area contributed by atoms with Gasteiger partial charge >= 0.3 is 0 Å². The van der Waals surface area contributed by atoms with Gasteiger partial charge in [-0.15, -0.1) is 0 Å². The Kier molecular flexibility index (Phi) is 5.61. The summed E-state index contributed by atoms with van der Waals surface area (Å²) in [7, 11) is 0. The Morgan fingerprint density at radius 3 is 2.88 bits per heavy atom. The molecule has 0 radical (unpaired) electrons. The first-order valence-corrected chi connectivity index (χ1v) is 5.60. The Balaban J connectivity index is 2.40. The van der Waals surface area contributed by atoms with E-state index < -0.39 is 0 Å². The van der Waals surface area contributed by atoms with Crippen LogP contribution in [0.5, 0.6) is 5.75 Å². The van der Waals surface area contributed by atoms with E-state index in [2.05, 4.69) is 5.32 Å². The predicted octanol–water partition coefficient (Wildman–Crippen LogP) is 2.40. The second-order valence-corrected chi connectivity index (χ2v) is 3.97. The zero-order valence-corrected chi connectivity index (χ0v) is 10.4. The Morgan fingerprint density at radius 1 is 1.47 bits per heavy atom. The van der Waals surface area contributed by atoms with Crippen molar-refractivity contribution in [3.8, 4) is 11.8 Å². The zero-order valence-electron chi connectivity index (χ0n) is 8.87. The number of carbonyl (C=O) groups excluding carboxylic acids is 1. The standard InChI is InChI=1S/C11H10Cl2N2O2/c12-8-2-3-10(9(13)6-8)17-7-11(16)15-5-1-4-14/h2-3,6H,1,5,7H2,(H,15,16). The van der Waals surface area contributed by atoms with Crippen molar-refractivity contribution < 1.29 is 9.53 Å². The highest BCUT2D eigenvalue weighted by Gasteiger charge is 2.05. The van der Waals surface area contributed by atoms with E-state index in [1.807, 2.05) is 6.07 Å². The first-order valence-electron chi connectivity index (χ1n) is 4.85. The van der Waals surface area contributed by atoms with Crippen LogP contribution in [0.15, 0.2) is 18.2 Å². The van der Waals surface area contributed by atoms with Crippen LogP contribution < -0.4 is 10.1 Å². The molecule has 1 N–H and O–H groups in total. The number of hydrogen-bond acceptors (Lipinski definition) is 3. The number of halogens is 2. The summed E-state index contributed by atoms with van der Waals surface area (Å²) in [4.78, 5) is 11.3. The Bertz CT molecular complexity index is 444. The predicted molar refractivity (Wildman–Crippen MR) is 65.2 cm³/mol. The summed E-state index contributed by atoms with van der Waals surface area (Å²) in [5.74, 6) is 0.0952. The van der Waals surface area contributed by atoms with Crippen LogP contribution in [0, 0.1) is 11.3 Å². The number of nitrogens with zero attached hydrogens (tertiary/aromatic N) is 1. The molecule has 6 heteroatoms. The van der Waals surface area contributed by atoms with Crippen LogP contribution in [0.4, 0.5) is 0 Å². The topological polar surface area (TPSA) is 62.1 Å². The van der Waals surface area contributed by atoms with Crippen LogP contribution in [-0.4, -0.2) is 19.1 Å². The fourth-order valence-corrected chi connectivity index (χ4v) is 1.51. The number of nitrogens with one attached hydrogen (secondary N) is 1. The van der Waals surface area contributed by atoms with Gasteiger partial charge in [0.05, 0.1) is 17.5 Å². The number of hydrogen-bond donors (Lipinski definition) is 1. The van der Waals surface area contributed by atoms with Crippen LogP contribution in [-0.2, 0) is 4.79 Å². The molecule has 90 valence electrons. The molecule has 0 saturated heterocycles. The van der Waals surface area contributed by atoms with E-state index >= 15 is 0 Å². The van der Waals surface area contributed by atoms with Gasteiger partial charge in [-0.05, 0) is 18.2 Å². The molecular weight excluding hydrogens is 263 g/mol. The lowest BCUT2D eigenvalue weighted by Crippen LogP contribution is -2.29. The molecule has 0 aliphatic rings. The van der Waals surface area contributed by atoms with E-state index in [-0.39, 0.29) is 18.9 Å². The summed E-state index contributed by atoms with van der Waals surface area (Å²) in [6.45, 7) is 0.166. The zero-order chi connectivity index (χ0) is 12.7. The highest BCUT2D eigenvalue weighted by Crippen LogP contribution is 2.27. The number of ether oxygens (including phenoxy) is 1. The Morgan fingerprint density at radius 2 is 2.24 bits per heavy atom. The average molecular weight is 273 g/mol. The molecule has 0 aliphatic heterocycles. The number of carbonyl (C=O) groups is 1. The van der Waals surface area contributed by atoms with Gasteiger partial charge in [0, 0.05) is 11.6 Å². The average Bonchev–Trinajstić information content (AvgIpc) is 2.28. The lowest BCUT2D eigenvalue weighted by Gasteiger charge is -2.08. The molecule has 1 aromatic rings. The van der Waals surface area contributed by atoms with Gasteiger partial charge in [0.2, 0.25) is 0 Å². The number of amides is 1. The van der Waals surface area contributed by atoms with Crippen molar-refractivity contribution in [1.82, 2.24) is 5.32 Å². The minimum Gasteiger partial charge on any atom is -0.482 e. The first kappa shape index (κ1) is 13.6. The monoisotopic (exact) mass is 272 g/mol. The molecule has 0 aliphatic carbocycles. The largest absolute Gasteiger partial charge is 0.482 e. The molecule has 0 aromatic heterocycles.